The van der Waals surface area contributed by atoms with Crippen LogP contribution in [0.15, 0.2) is 10.5 Å². The van der Waals surface area contributed by atoms with Crippen molar-refractivity contribution in [3.05, 3.63) is 23.2 Å². The number of rotatable bonds is 8. The van der Waals surface area contributed by atoms with Crippen molar-refractivity contribution in [2.45, 2.75) is 39.2 Å². The molecule has 0 aliphatic rings. The Hall–Kier alpha value is -0.940. The molecule has 5 heteroatoms. The molecule has 1 aromatic rings. The first-order valence-corrected chi connectivity index (χ1v) is 8.07. The van der Waals surface area contributed by atoms with Gasteiger partial charge < -0.3 is 14.8 Å². The van der Waals surface area contributed by atoms with Crippen LogP contribution in [0.4, 0.5) is 0 Å². The number of aliphatic hydroxyl groups is 1. The van der Waals surface area contributed by atoms with Crippen molar-refractivity contribution in [1.29, 1.82) is 0 Å². The maximum atomic E-state index is 12.1. The fourth-order valence-electron chi connectivity index (χ4n) is 1.99. The molecule has 1 rings (SSSR count). The van der Waals surface area contributed by atoms with Gasteiger partial charge in [0.25, 0.3) is 5.91 Å². The number of furan rings is 1. The van der Waals surface area contributed by atoms with E-state index in [1.807, 2.05) is 26.2 Å². The summed E-state index contributed by atoms with van der Waals surface area (Å²) in [5.74, 6) is 1.85. The van der Waals surface area contributed by atoms with Gasteiger partial charge in [0, 0.05) is 24.8 Å². The smallest absolute Gasteiger partial charge is 0.287 e. The Bertz CT molecular complexity index is 376. The van der Waals surface area contributed by atoms with E-state index < -0.39 is 0 Å². The summed E-state index contributed by atoms with van der Waals surface area (Å²) in [5.41, 5.74) is 1.09. The summed E-state index contributed by atoms with van der Waals surface area (Å²) in [6.07, 6.45) is 4.20. The summed E-state index contributed by atoms with van der Waals surface area (Å²) in [7, 11) is 0. The van der Waals surface area contributed by atoms with Gasteiger partial charge >= 0.3 is 0 Å². The highest BCUT2D eigenvalue weighted by atomic mass is 32.2. The molecule has 0 spiro atoms. The number of carbonyl (C=O) groups is 1. The van der Waals surface area contributed by atoms with Crippen LogP contribution >= 0.6 is 11.8 Å². The van der Waals surface area contributed by atoms with Crippen molar-refractivity contribution in [3.63, 3.8) is 0 Å². The van der Waals surface area contributed by atoms with Crippen LogP contribution in [0.1, 0.15) is 42.1 Å². The van der Waals surface area contributed by atoms with E-state index in [0.29, 0.717) is 12.2 Å². The average molecular weight is 285 g/mol. The minimum atomic E-state index is -0.193. The second-order valence-electron chi connectivity index (χ2n) is 4.40. The zero-order valence-electron chi connectivity index (χ0n) is 11.9. The van der Waals surface area contributed by atoms with Crippen LogP contribution in [-0.2, 0) is 12.8 Å². The number of hydrogen-bond acceptors (Lipinski definition) is 4. The minimum absolute atomic E-state index is 0.0206. The first-order valence-electron chi connectivity index (χ1n) is 6.68. The Labute approximate surface area is 119 Å². The molecule has 0 saturated carbocycles. The number of carbonyl (C=O) groups excluding carboxylic acids is 1. The molecule has 4 nitrogen and oxygen atoms in total. The normalized spacial score (nSPS) is 12.4. The first-order chi connectivity index (χ1) is 9.15. The summed E-state index contributed by atoms with van der Waals surface area (Å²) < 4.78 is 5.59. The van der Waals surface area contributed by atoms with Crippen LogP contribution in [0, 0.1) is 0 Å². The number of thioether (sulfide) groups is 1. The molecule has 2 N–H and O–H groups in total. The molecule has 0 radical (unpaired) electrons. The number of amides is 1. The number of hydrogen-bond donors (Lipinski definition) is 2. The van der Waals surface area contributed by atoms with E-state index in [-0.39, 0.29) is 18.6 Å². The van der Waals surface area contributed by atoms with Crippen LogP contribution in [0.2, 0.25) is 0 Å². The van der Waals surface area contributed by atoms with Crippen LogP contribution in [-0.4, -0.2) is 35.7 Å². The number of nitrogens with one attached hydrogen (secondary N) is 1. The van der Waals surface area contributed by atoms with E-state index >= 15 is 0 Å². The molecule has 1 heterocycles. The molecule has 0 aliphatic carbocycles. The fourth-order valence-corrected chi connectivity index (χ4v) is 2.64. The molecule has 0 fully saturated rings. The molecular weight excluding hydrogens is 262 g/mol. The number of aliphatic hydroxyl groups excluding tert-OH is 1. The van der Waals surface area contributed by atoms with Gasteiger partial charge in [0.05, 0.1) is 0 Å². The van der Waals surface area contributed by atoms with Crippen molar-refractivity contribution in [3.8, 4) is 0 Å². The van der Waals surface area contributed by atoms with Crippen molar-refractivity contribution < 1.29 is 14.3 Å². The Balaban J connectivity index is 2.73. The zero-order chi connectivity index (χ0) is 14.3. The predicted octanol–water partition coefficient (Wildman–Crippen LogP) is 2.25. The lowest BCUT2D eigenvalue weighted by Crippen LogP contribution is -2.37. The highest BCUT2D eigenvalue weighted by Gasteiger charge is 2.18. The van der Waals surface area contributed by atoms with Gasteiger partial charge in [0.15, 0.2) is 5.76 Å². The topological polar surface area (TPSA) is 62.5 Å². The first kappa shape index (κ1) is 16.1. The molecule has 0 aliphatic heterocycles. The third-order valence-corrected chi connectivity index (χ3v) is 3.74. The summed E-state index contributed by atoms with van der Waals surface area (Å²) in [6, 6.07) is 1.80. The monoisotopic (exact) mass is 285 g/mol. The summed E-state index contributed by atoms with van der Waals surface area (Å²) in [4.78, 5) is 12.1. The molecule has 19 heavy (non-hydrogen) atoms. The highest BCUT2D eigenvalue weighted by molar-refractivity contribution is 7.98. The van der Waals surface area contributed by atoms with Gasteiger partial charge in [-0.3, -0.25) is 4.79 Å². The van der Waals surface area contributed by atoms with Crippen molar-refractivity contribution >= 4 is 17.7 Å². The molecular formula is C14H23NO3S. The lowest BCUT2D eigenvalue weighted by molar-refractivity contribution is 0.0905. The SMILES string of the molecule is CCc1cc(C(=O)NC(CCO)CSC)oc1CC. The lowest BCUT2D eigenvalue weighted by atomic mass is 10.1. The van der Waals surface area contributed by atoms with Gasteiger partial charge in [0.1, 0.15) is 5.76 Å². The van der Waals surface area contributed by atoms with Gasteiger partial charge in [0.2, 0.25) is 0 Å². The molecule has 0 saturated heterocycles. The second kappa shape index (κ2) is 8.27. The minimum Gasteiger partial charge on any atom is -0.456 e. The Morgan fingerprint density at radius 1 is 1.47 bits per heavy atom. The van der Waals surface area contributed by atoms with Crippen LogP contribution in [0.3, 0.4) is 0 Å². The summed E-state index contributed by atoms with van der Waals surface area (Å²) in [6.45, 7) is 4.14. The van der Waals surface area contributed by atoms with E-state index in [1.54, 1.807) is 11.8 Å². The quantitative estimate of drug-likeness (QED) is 0.769. The van der Waals surface area contributed by atoms with Gasteiger partial charge in [-0.05, 0) is 30.7 Å². The van der Waals surface area contributed by atoms with E-state index in [4.69, 9.17) is 9.52 Å². The van der Waals surface area contributed by atoms with E-state index in [9.17, 15) is 4.79 Å². The van der Waals surface area contributed by atoms with E-state index in [0.717, 1.165) is 29.9 Å². The zero-order valence-corrected chi connectivity index (χ0v) is 12.7. The summed E-state index contributed by atoms with van der Waals surface area (Å²) >= 11 is 1.65. The van der Waals surface area contributed by atoms with Crippen molar-refractivity contribution in [2.75, 3.05) is 18.6 Å². The maximum absolute atomic E-state index is 12.1. The Morgan fingerprint density at radius 3 is 2.68 bits per heavy atom. The summed E-state index contributed by atoms with van der Waals surface area (Å²) in [5, 5.41) is 11.9. The molecule has 0 bridgehead atoms. The molecule has 1 amide bonds. The average Bonchev–Trinajstić information content (AvgIpc) is 2.82. The molecule has 1 aromatic heterocycles. The molecule has 108 valence electrons. The third-order valence-electron chi connectivity index (χ3n) is 3.00. The molecule has 0 aromatic carbocycles. The second-order valence-corrected chi connectivity index (χ2v) is 5.31. The Kier molecular flexibility index (Phi) is 7.02. The van der Waals surface area contributed by atoms with Gasteiger partial charge in [-0.2, -0.15) is 11.8 Å². The van der Waals surface area contributed by atoms with Gasteiger partial charge in [-0.15, -0.1) is 0 Å². The van der Waals surface area contributed by atoms with Gasteiger partial charge in [-0.25, -0.2) is 0 Å². The lowest BCUT2D eigenvalue weighted by Gasteiger charge is -2.15. The van der Waals surface area contributed by atoms with Crippen LogP contribution < -0.4 is 5.32 Å². The van der Waals surface area contributed by atoms with Crippen LogP contribution in [0.25, 0.3) is 0 Å². The maximum Gasteiger partial charge on any atom is 0.287 e. The third kappa shape index (κ3) is 4.58. The standard InChI is InChI=1S/C14H23NO3S/c1-4-10-8-13(18-12(10)5-2)14(17)15-11(6-7-16)9-19-3/h8,11,16H,4-7,9H2,1-3H3,(H,15,17). The Morgan fingerprint density at radius 2 is 2.21 bits per heavy atom. The largest absolute Gasteiger partial charge is 0.456 e. The van der Waals surface area contributed by atoms with E-state index in [2.05, 4.69) is 5.32 Å². The van der Waals surface area contributed by atoms with Crippen LogP contribution in [0.5, 0.6) is 0 Å². The molecule has 1 unspecified atom stereocenters. The van der Waals surface area contributed by atoms with Crippen molar-refractivity contribution in [1.82, 2.24) is 5.32 Å². The fraction of sp³-hybridized carbons (Fsp3) is 0.643. The van der Waals surface area contributed by atoms with Gasteiger partial charge in [-0.1, -0.05) is 13.8 Å². The van der Waals surface area contributed by atoms with Crippen molar-refractivity contribution in [2.24, 2.45) is 0 Å². The molecule has 1 atom stereocenters. The van der Waals surface area contributed by atoms with E-state index in [1.165, 1.54) is 0 Å². The number of aryl methyl sites for hydroxylation is 2. The highest BCUT2D eigenvalue weighted by Crippen LogP contribution is 2.17. The predicted molar refractivity (Wildman–Crippen MR) is 78.8 cm³/mol.